The van der Waals surface area contributed by atoms with E-state index in [9.17, 15) is 0 Å². The highest BCUT2D eigenvalue weighted by Gasteiger charge is 2.12. The van der Waals surface area contributed by atoms with Gasteiger partial charge in [0, 0.05) is 37.4 Å². The Labute approximate surface area is 166 Å². The van der Waals surface area contributed by atoms with E-state index in [1.165, 1.54) is 24.8 Å². The molecule has 0 aliphatic carbocycles. The molecule has 1 saturated heterocycles. The maximum Gasteiger partial charge on any atom is 0.191 e. The van der Waals surface area contributed by atoms with Crippen molar-refractivity contribution in [2.75, 3.05) is 24.5 Å². The Hall–Kier alpha value is -2.27. The summed E-state index contributed by atoms with van der Waals surface area (Å²) in [6, 6.07) is 12.1. The molecule has 1 aliphatic rings. The van der Waals surface area contributed by atoms with E-state index in [-0.39, 0.29) is 0 Å². The molecule has 2 N–H and O–H groups in total. The Kier molecular flexibility index (Phi) is 7.34. The largest absolute Gasteiger partial charge is 0.357 e. The summed E-state index contributed by atoms with van der Waals surface area (Å²) in [5, 5.41) is 7.41. The van der Waals surface area contributed by atoms with Crippen molar-refractivity contribution < 1.29 is 0 Å². The molecule has 5 nitrogen and oxygen atoms in total. The van der Waals surface area contributed by atoms with Gasteiger partial charge in [0.15, 0.2) is 5.96 Å². The average molecular weight is 386 g/mol. The molecule has 0 unspecified atom stereocenters. The van der Waals surface area contributed by atoms with Crippen LogP contribution in [0, 0.1) is 0 Å². The Bertz CT molecular complexity index is 756. The molecule has 1 aromatic heterocycles. The smallest absolute Gasteiger partial charge is 0.191 e. The monoisotopic (exact) mass is 385 g/mol. The summed E-state index contributed by atoms with van der Waals surface area (Å²) in [5.74, 6) is 1.85. The highest BCUT2D eigenvalue weighted by Crippen LogP contribution is 2.19. The quantitative estimate of drug-likeness (QED) is 0.583. The van der Waals surface area contributed by atoms with Gasteiger partial charge in [0.05, 0.1) is 6.54 Å². The van der Waals surface area contributed by atoms with Crippen LogP contribution in [-0.2, 0) is 13.1 Å². The van der Waals surface area contributed by atoms with Crippen LogP contribution in [0.4, 0.5) is 5.82 Å². The summed E-state index contributed by atoms with van der Waals surface area (Å²) in [7, 11) is 0. The van der Waals surface area contributed by atoms with Crippen molar-refractivity contribution in [2.24, 2.45) is 4.99 Å². The zero-order valence-electron chi connectivity index (χ0n) is 15.9. The summed E-state index contributed by atoms with van der Waals surface area (Å²) in [5.41, 5.74) is 2.22. The van der Waals surface area contributed by atoms with Gasteiger partial charge in [-0.3, -0.25) is 0 Å². The van der Waals surface area contributed by atoms with Gasteiger partial charge in [-0.25, -0.2) is 9.98 Å². The van der Waals surface area contributed by atoms with E-state index in [1.54, 1.807) is 0 Å². The highest BCUT2D eigenvalue weighted by molar-refractivity contribution is 6.31. The molecule has 27 heavy (non-hydrogen) atoms. The van der Waals surface area contributed by atoms with Gasteiger partial charge in [0.25, 0.3) is 0 Å². The topological polar surface area (TPSA) is 52.6 Å². The Morgan fingerprint density at radius 3 is 2.74 bits per heavy atom. The Morgan fingerprint density at radius 1 is 1.15 bits per heavy atom. The third-order valence-electron chi connectivity index (χ3n) is 4.66. The number of pyridine rings is 1. The lowest BCUT2D eigenvalue weighted by molar-refractivity contribution is 0.573. The Balaban J connectivity index is 1.63. The first kappa shape index (κ1) is 19.5. The molecule has 1 aromatic carbocycles. The summed E-state index contributed by atoms with van der Waals surface area (Å²) in [6.45, 7) is 6.32. The van der Waals surface area contributed by atoms with Crippen LogP contribution in [0.2, 0.25) is 5.02 Å². The maximum absolute atomic E-state index is 6.24. The summed E-state index contributed by atoms with van der Waals surface area (Å²) in [4.78, 5) is 11.6. The number of hydrogen-bond acceptors (Lipinski definition) is 3. The standard InChI is InChI=1S/C21H28ClN5/c1-2-23-21(26-16-18-8-4-5-9-19(18)22)25-15-17-10-11-24-20(14-17)27-12-6-3-7-13-27/h4-5,8-11,14H,2-3,6-7,12-13,15-16H2,1H3,(H2,23,25,26). The highest BCUT2D eigenvalue weighted by atomic mass is 35.5. The minimum absolute atomic E-state index is 0.612. The number of benzene rings is 1. The van der Waals surface area contributed by atoms with Gasteiger partial charge in [-0.1, -0.05) is 29.8 Å². The van der Waals surface area contributed by atoms with E-state index in [1.807, 2.05) is 36.5 Å². The predicted molar refractivity (Wildman–Crippen MR) is 113 cm³/mol. The molecule has 0 atom stereocenters. The van der Waals surface area contributed by atoms with Crippen LogP contribution in [-0.4, -0.2) is 30.6 Å². The first-order valence-corrected chi connectivity index (χ1v) is 10.1. The third kappa shape index (κ3) is 5.86. The van der Waals surface area contributed by atoms with Crippen LogP contribution in [0.5, 0.6) is 0 Å². The van der Waals surface area contributed by atoms with E-state index in [2.05, 4.69) is 33.5 Å². The van der Waals surface area contributed by atoms with Crippen LogP contribution in [0.1, 0.15) is 37.3 Å². The van der Waals surface area contributed by atoms with Crippen LogP contribution >= 0.6 is 11.6 Å². The van der Waals surface area contributed by atoms with Crippen molar-refractivity contribution in [1.29, 1.82) is 0 Å². The van der Waals surface area contributed by atoms with Crippen molar-refractivity contribution in [1.82, 2.24) is 15.6 Å². The summed E-state index contributed by atoms with van der Waals surface area (Å²) in [6.07, 6.45) is 5.71. The number of nitrogens with zero attached hydrogens (tertiary/aromatic N) is 3. The molecule has 6 heteroatoms. The van der Waals surface area contributed by atoms with Crippen LogP contribution in [0.3, 0.4) is 0 Å². The number of aliphatic imine (C=N–C) groups is 1. The molecule has 0 saturated carbocycles. The number of rotatable bonds is 6. The molecule has 0 radical (unpaired) electrons. The van der Waals surface area contributed by atoms with Crippen LogP contribution in [0.25, 0.3) is 0 Å². The van der Waals surface area contributed by atoms with Gasteiger partial charge in [-0.2, -0.15) is 0 Å². The van der Waals surface area contributed by atoms with Gasteiger partial charge in [0.1, 0.15) is 5.82 Å². The molecule has 0 amide bonds. The number of halogens is 1. The fourth-order valence-corrected chi connectivity index (χ4v) is 3.39. The van der Waals surface area contributed by atoms with E-state index < -0.39 is 0 Å². The van der Waals surface area contributed by atoms with Gasteiger partial charge in [-0.15, -0.1) is 0 Å². The number of guanidine groups is 1. The lowest BCUT2D eigenvalue weighted by Crippen LogP contribution is -2.36. The second-order valence-electron chi connectivity index (χ2n) is 6.71. The fourth-order valence-electron chi connectivity index (χ4n) is 3.19. The molecule has 1 aliphatic heterocycles. The predicted octanol–water partition coefficient (Wildman–Crippen LogP) is 3.98. The molecular formula is C21H28ClN5. The minimum Gasteiger partial charge on any atom is -0.357 e. The normalized spacial score (nSPS) is 14.9. The number of aromatic nitrogens is 1. The molecule has 2 aromatic rings. The number of anilines is 1. The molecule has 2 heterocycles. The zero-order valence-corrected chi connectivity index (χ0v) is 16.7. The van der Waals surface area contributed by atoms with E-state index in [0.29, 0.717) is 13.1 Å². The van der Waals surface area contributed by atoms with Gasteiger partial charge < -0.3 is 15.5 Å². The second-order valence-corrected chi connectivity index (χ2v) is 7.12. The SMILES string of the molecule is CCNC(=NCc1ccnc(N2CCCCC2)c1)NCc1ccccc1Cl. The van der Waals surface area contributed by atoms with Crippen LogP contribution in [0.15, 0.2) is 47.6 Å². The van der Waals surface area contributed by atoms with Crippen molar-refractivity contribution in [3.8, 4) is 0 Å². The van der Waals surface area contributed by atoms with E-state index in [0.717, 1.165) is 42.0 Å². The average Bonchev–Trinajstić information content (AvgIpc) is 2.72. The first-order chi connectivity index (χ1) is 13.3. The second kappa shape index (κ2) is 10.2. The van der Waals surface area contributed by atoms with Gasteiger partial charge in [0.2, 0.25) is 0 Å². The van der Waals surface area contributed by atoms with Crippen molar-refractivity contribution in [2.45, 2.75) is 39.3 Å². The molecule has 0 spiro atoms. The van der Waals surface area contributed by atoms with Crippen LogP contribution < -0.4 is 15.5 Å². The Morgan fingerprint density at radius 2 is 1.96 bits per heavy atom. The maximum atomic E-state index is 6.24. The van der Waals surface area contributed by atoms with Crippen molar-refractivity contribution in [3.63, 3.8) is 0 Å². The third-order valence-corrected chi connectivity index (χ3v) is 5.03. The number of piperidine rings is 1. The van der Waals surface area contributed by atoms with Crippen molar-refractivity contribution in [3.05, 3.63) is 58.7 Å². The molecule has 3 rings (SSSR count). The number of hydrogen-bond donors (Lipinski definition) is 2. The van der Waals surface area contributed by atoms with Gasteiger partial charge >= 0.3 is 0 Å². The lowest BCUT2D eigenvalue weighted by Gasteiger charge is -2.27. The summed E-state index contributed by atoms with van der Waals surface area (Å²) < 4.78 is 0. The van der Waals surface area contributed by atoms with Gasteiger partial charge in [-0.05, 0) is 55.5 Å². The zero-order chi connectivity index (χ0) is 18.9. The molecule has 0 bridgehead atoms. The van der Waals surface area contributed by atoms with Crippen molar-refractivity contribution >= 4 is 23.4 Å². The molecule has 144 valence electrons. The fraction of sp³-hybridized carbons (Fsp3) is 0.429. The lowest BCUT2D eigenvalue weighted by atomic mass is 10.1. The minimum atomic E-state index is 0.612. The van der Waals surface area contributed by atoms with E-state index in [4.69, 9.17) is 16.6 Å². The number of nitrogens with one attached hydrogen (secondary N) is 2. The molecule has 1 fully saturated rings. The summed E-state index contributed by atoms with van der Waals surface area (Å²) >= 11 is 6.24. The van der Waals surface area contributed by atoms with E-state index >= 15 is 0 Å². The first-order valence-electron chi connectivity index (χ1n) is 9.71. The molecular weight excluding hydrogens is 358 g/mol.